The van der Waals surface area contributed by atoms with Crippen LogP contribution in [0, 0.1) is 5.92 Å². The number of hydrogen-bond acceptors (Lipinski definition) is 5. The molecule has 0 radical (unpaired) electrons. The van der Waals surface area contributed by atoms with Gasteiger partial charge in [0.2, 0.25) is 16.8 Å². The first kappa shape index (κ1) is 24.0. The number of guanidine groups is 1. The Morgan fingerprint density at radius 1 is 1.28 bits per heavy atom. The van der Waals surface area contributed by atoms with Crippen LogP contribution in [0.2, 0.25) is 0 Å². The van der Waals surface area contributed by atoms with Crippen LogP contribution in [0.3, 0.4) is 0 Å². The number of sulfonamides is 1. The first-order chi connectivity index (χ1) is 13.5. The van der Waals surface area contributed by atoms with Crippen molar-refractivity contribution in [3.05, 3.63) is 23.8 Å². The van der Waals surface area contributed by atoms with Gasteiger partial charge in [0.15, 0.2) is 17.5 Å². The van der Waals surface area contributed by atoms with E-state index in [9.17, 15) is 8.42 Å². The smallest absolute Gasteiger partial charge is 0.231 e. The van der Waals surface area contributed by atoms with Crippen molar-refractivity contribution in [1.82, 2.24) is 14.9 Å². The van der Waals surface area contributed by atoms with Crippen molar-refractivity contribution in [1.29, 1.82) is 0 Å². The van der Waals surface area contributed by atoms with Gasteiger partial charge in [-0.25, -0.2) is 13.1 Å². The molecule has 0 unspecified atom stereocenters. The summed E-state index contributed by atoms with van der Waals surface area (Å²) in [5.74, 6) is 2.67. The van der Waals surface area contributed by atoms with Crippen LogP contribution in [-0.2, 0) is 16.6 Å². The first-order valence-electron chi connectivity index (χ1n) is 9.82. The lowest BCUT2D eigenvalue weighted by molar-refractivity contribution is 0.174. The Morgan fingerprint density at radius 2 is 2.03 bits per heavy atom. The Labute approximate surface area is 190 Å². The van der Waals surface area contributed by atoms with Crippen molar-refractivity contribution in [3.63, 3.8) is 0 Å². The fourth-order valence-electron chi connectivity index (χ4n) is 3.14. The highest BCUT2D eigenvalue weighted by Gasteiger charge is 2.20. The highest BCUT2D eigenvalue weighted by atomic mass is 127. The zero-order chi connectivity index (χ0) is 20.0. The fraction of sp³-hybridized carbons (Fsp3) is 0.632. The van der Waals surface area contributed by atoms with E-state index in [2.05, 4.69) is 15.0 Å². The van der Waals surface area contributed by atoms with E-state index in [1.807, 2.05) is 37.1 Å². The van der Waals surface area contributed by atoms with Crippen molar-refractivity contribution in [2.45, 2.75) is 32.7 Å². The molecule has 1 aliphatic heterocycles. The Kier molecular flexibility index (Phi) is 9.28. The quantitative estimate of drug-likeness (QED) is 0.285. The number of benzene rings is 1. The molecule has 3 rings (SSSR count). The number of halogens is 1. The third kappa shape index (κ3) is 7.18. The van der Waals surface area contributed by atoms with Gasteiger partial charge in [0.1, 0.15) is 0 Å². The summed E-state index contributed by atoms with van der Waals surface area (Å²) in [6, 6.07) is 5.84. The average molecular weight is 538 g/mol. The van der Waals surface area contributed by atoms with Gasteiger partial charge >= 0.3 is 0 Å². The molecule has 164 valence electrons. The van der Waals surface area contributed by atoms with E-state index in [-0.39, 0.29) is 43.1 Å². The molecule has 0 atom stereocenters. The summed E-state index contributed by atoms with van der Waals surface area (Å²) in [4.78, 5) is 6.45. The average Bonchev–Trinajstić information content (AvgIpc) is 3.07. The maximum absolute atomic E-state index is 12.1. The van der Waals surface area contributed by atoms with Crippen LogP contribution in [0.15, 0.2) is 23.2 Å². The summed E-state index contributed by atoms with van der Waals surface area (Å²) in [5.41, 5.74) is 1.06. The van der Waals surface area contributed by atoms with Gasteiger partial charge in [0.25, 0.3) is 0 Å². The van der Waals surface area contributed by atoms with E-state index >= 15 is 0 Å². The first-order valence-corrected chi connectivity index (χ1v) is 11.5. The lowest BCUT2D eigenvalue weighted by atomic mass is 9.86. The van der Waals surface area contributed by atoms with Crippen LogP contribution in [0.4, 0.5) is 0 Å². The maximum atomic E-state index is 12.1. The van der Waals surface area contributed by atoms with Crippen LogP contribution in [0.25, 0.3) is 0 Å². The van der Waals surface area contributed by atoms with Gasteiger partial charge in [-0.1, -0.05) is 12.5 Å². The van der Waals surface area contributed by atoms with Crippen molar-refractivity contribution in [2.24, 2.45) is 10.9 Å². The Hall–Kier alpha value is -1.27. The van der Waals surface area contributed by atoms with Crippen LogP contribution < -0.4 is 19.5 Å². The molecule has 0 bridgehead atoms. The molecule has 1 aromatic rings. The van der Waals surface area contributed by atoms with Gasteiger partial charge in [-0.15, -0.1) is 24.0 Å². The number of fused-ring (bicyclic) bond motifs is 1. The van der Waals surface area contributed by atoms with Crippen molar-refractivity contribution >= 4 is 40.0 Å². The van der Waals surface area contributed by atoms with Gasteiger partial charge in [-0.2, -0.15) is 0 Å². The lowest BCUT2D eigenvalue weighted by Gasteiger charge is -2.25. The highest BCUT2D eigenvalue weighted by Crippen LogP contribution is 2.32. The second-order valence-electron chi connectivity index (χ2n) is 7.24. The molecular formula is C19H31IN4O4S. The number of hydrogen-bond donors (Lipinski definition) is 2. The standard InChI is InChI=1S/C19H30N4O4S.HI/c1-3-20-19(21-9-10-28(24,25)22-12-15-5-4-6-15)23(2)13-16-7-8-17-18(11-16)27-14-26-17;/h7-8,11,15,22H,3-6,9-10,12-14H2,1-2H3,(H,20,21);1H. The highest BCUT2D eigenvalue weighted by molar-refractivity contribution is 14.0. The van der Waals surface area contributed by atoms with Crippen LogP contribution in [0.1, 0.15) is 31.7 Å². The van der Waals surface area contributed by atoms with Gasteiger partial charge < -0.3 is 19.7 Å². The zero-order valence-corrected chi connectivity index (χ0v) is 20.2. The predicted molar refractivity (Wildman–Crippen MR) is 125 cm³/mol. The molecule has 1 aromatic carbocycles. The summed E-state index contributed by atoms with van der Waals surface area (Å²) >= 11 is 0. The number of nitrogens with zero attached hydrogens (tertiary/aromatic N) is 2. The fourth-order valence-corrected chi connectivity index (χ4v) is 4.11. The molecule has 2 N–H and O–H groups in total. The molecular weight excluding hydrogens is 507 g/mol. The van der Waals surface area contributed by atoms with Crippen molar-refractivity contribution in [3.8, 4) is 11.5 Å². The molecule has 0 amide bonds. The molecule has 1 heterocycles. The predicted octanol–water partition coefficient (Wildman–Crippen LogP) is 2.15. The Bertz CT molecular complexity index is 799. The Morgan fingerprint density at radius 3 is 2.72 bits per heavy atom. The summed E-state index contributed by atoms with van der Waals surface area (Å²) in [5, 5.41) is 3.21. The van der Waals surface area contributed by atoms with Gasteiger partial charge in [-0.05, 0) is 43.4 Å². The number of aliphatic imine (C=N–C) groups is 1. The number of nitrogens with one attached hydrogen (secondary N) is 2. The second-order valence-corrected chi connectivity index (χ2v) is 9.17. The van der Waals surface area contributed by atoms with Crippen LogP contribution >= 0.6 is 24.0 Å². The van der Waals surface area contributed by atoms with E-state index in [4.69, 9.17) is 9.47 Å². The third-order valence-electron chi connectivity index (χ3n) is 4.99. The van der Waals surface area contributed by atoms with Crippen molar-refractivity contribution < 1.29 is 17.9 Å². The molecule has 1 fully saturated rings. The molecule has 0 aromatic heterocycles. The lowest BCUT2D eigenvalue weighted by Crippen LogP contribution is -2.39. The SMILES string of the molecule is CCNC(=NCCS(=O)(=O)NCC1CCC1)N(C)Cc1ccc2c(c1)OCO2.I. The number of rotatable bonds is 9. The largest absolute Gasteiger partial charge is 0.454 e. The number of ether oxygens (including phenoxy) is 2. The molecule has 10 heteroatoms. The molecule has 0 saturated heterocycles. The van der Waals surface area contributed by atoms with E-state index in [0.717, 1.165) is 29.9 Å². The maximum Gasteiger partial charge on any atom is 0.231 e. The molecule has 8 nitrogen and oxygen atoms in total. The van der Waals surface area contributed by atoms with E-state index in [1.54, 1.807) is 0 Å². The topological polar surface area (TPSA) is 92.3 Å². The van der Waals surface area contributed by atoms with Crippen molar-refractivity contribution in [2.75, 3.05) is 39.2 Å². The minimum Gasteiger partial charge on any atom is -0.454 e. The molecule has 0 spiro atoms. The molecule has 1 aliphatic carbocycles. The normalized spacial score (nSPS) is 16.1. The molecule has 1 saturated carbocycles. The van der Waals surface area contributed by atoms with Gasteiger partial charge in [0, 0.05) is 26.7 Å². The Balaban J connectivity index is 0.00000300. The van der Waals surface area contributed by atoms with E-state index in [1.165, 1.54) is 6.42 Å². The minimum absolute atomic E-state index is 0. The van der Waals surface area contributed by atoms with Crippen LogP contribution in [0.5, 0.6) is 11.5 Å². The molecule has 2 aliphatic rings. The summed E-state index contributed by atoms with van der Waals surface area (Å²) in [7, 11) is -1.36. The molecule has 29 heavy (non-hydrogen) atoms. The monoisotopic (exact) mass is 538 g/mol. The van der Waals surface area contributed by atoms with Gasteiger partial charge in [0.05, 0.1) is 12.3 Å². The van der Waals surface area contributed by atoms with Crippen LogP contribution in [-0.4, -0.2) is 58.5 Å². The summed E-state index contributed by atoms with van der Waals surface area (Å²) < 4.78 is 37.8. The third-order valence-corrected chi connectivity index (χ3v) is 6.32. The van der Waals surface area contributed by atoms with E-state index in [0.29, 0.717) is 31.5 Å². The second kappa shape index (κ2) is 11.2. The zero-order valence-electron chi connectivity index (χ0n) is 17.0. The summed E-state index contributed by atoms with van der Waals surface area (Å²) in [6.45, 7) is 4.33. The minimum atomic E-state index is -3.29. The summed E-state index contributed by atoms with van der Waals surface area (Å²) in [6.07, 6.45) is 3.45. The van der Waals surface area contributed by atoms with Gasteiger partial charge in [-0.3, -0.25) is 4.99 Å². The van der Waals surface area contributed by atoms with E-state index < -0.39 is 10.0 Å².